The zero-order valence-corrected chi connectivity index (χ0v) is 18.1. The molecule has 0 aromatic heterocycles. The molecule has 3 heteroatoms. The molecular weight excluding hydrogens is 322 g/mol. The van der Waals surface area contributed by atoms with Gasteiger partial charge in [0.2, 0.25) is 0 Å². The maximum absolute atomic E-state index is 12.2. The van der Waals surface area contributed by atoms with Crippen molar-refractivity contribution in [3.05, 3.63) is 0 Å². The molecule has 0 aromatic rings. The minimum atomic E-state index is 0.0298. The highest BCUT2D eigenvalue weighted by Crippen LogP contribution is 2.23. The molecule has 0 spiro atoms. The number of quaternary nitrogens is 1. The van der Waals surface area contributed by atoms with Crippen molar-refractivity contribution in [3.8, 4) is 0 Å². The first-order valence-electron chi connectivity index (χ1n) is 11.6. The average Bonchev–Trinajstić information content (AvgIpc) is 2.97. The lowest BCUT2D eigenvalue weighted by Crippen LogP contribution is -2.48. The van der Waals surface area contributed by atoms with Crippen molar-refractivity contribution in [2.45, 2.75) is 116 Å². The number of ether oxygens (including phenoxy) is 1. The van der Waals surface area contributed by atoms with Crippen molar-refractivity contribution in [3.63, 3.8) is 0 Å². The molecule has 0 aliphatic carbocycles. The number of rotatable bonds is 16. The van der Waals surface area contributed by atoms with E-state index in [1.807, 2.05) is 0 Å². The molecule has 1 rings (SSSR count). The standard InChI is InChI=1S/C23H46NO2/c1-4-5-6-7-8-9-10-11-12-13-14-15-16-17-21-26-23(25)22-19-18-20-24(22,2)3/h22H,4-21H2,1-3H3/q+1. The summed E-state index contributed by atoms with van der Waals surface area (Å²) in [5, 5.41) is 0. The van der Waals surface area contributed by atoms with Crippen molar-refractivity contribution in [2.24, 2.45) is 0 Å². The summed E-state index contributed by atoms with van der Waals surface area (Å²) in [4.78, 5) is 12.2. The second-order valence-corrected chi connectivity index (χ2v) is 8.92. The highest BCUT2D eigenvalue weighted by molar-refractivity contribution is 5.74. The number of nitrogens with zero attached hydrogens (tertiary/aromatic N) is 1. The number of hydrogen-bond acceptors (Lipinski definition) is 2. The van der Waals surface area contributed by atoms with Gasteiger partial charge in [0.25, 0.3) is 0 Å². The van der Waals surface area contributed by atoms with Gasteiger partial charge in [-0.05, 0) is 6.42 Å². The predicted molar refractivity (Wildman–Crippen MR) is 111 cm³/mol. The maximum atomic E-state index is 12.2. The fourth-order valence-corrected chi connectivity index (χ4v) is 4.17. The average molecular weight is 369 g/mol. The van der Waals surface area contributed by atoms with Gasteiger partial charge in [-0.3, -0.25) is 0 Å². The topological polar surface area (TPSA) is 26.3 Å². The summed E-state index contributed by atoms with van der Waals surface area (Å²) < 4.78 is 6.32. The molecule has 1 fully saturated rings. The molecular formula is C23H46NO2+. The Morgan fingerprint density at radius 1 is 0.808 bits per heavy atom. The Balaban J connectivity index is 1.80. The first kappa shape index (κ1) is 23.5. The zero-order valence-electron chi connectivity index (χ0n) is 18.1. The molecule has 0 radical (unpaired) electrons. The van der Waals surface area contributed by atoms with E-state index in [9.17, 15) is 4.79 Å². The van der Waals surface area contributed by atoms with E-state index in [-0.39, 0.29) is 12.0 Å². The van der Waals surface area contributed by atoms with E-state index >= 15 is 0 Å². The second kappa shape index (κ2) is 14.5. The Morgan fingerprint density at radius 3 is 1.69 bits per heavy atom. The number of likely N-dealkylation sites (N-methyl/N-ethyl adjacent to an activating group) is 1. The summed E-state index contributed by atoms with van der Waals surface area (Å²) in [6.45, 7) is 4.00. The van der Waals surface area contributed by atoms with Crippen LogP contribution < -0.4 is 0 Å². The minimum absolute atomic E-state index is 0.0298. The number of hydrogen-bond donors (Lipinski definition) is 0. The molecule has 1 aliphatic heterocycles. The summed E-state index contributed by atoms with van der Waals surface area (Å²) in [5.74, 6) is 0.0298. The molecule has 1 saturated heterocycles. The molecule has 0 bridgehead atoms. The van der Waals surface area contributed by atoms with Crippen LogP contribution in [0.15, 0.2) is 0 Å². The SMILES string of the molecule is CCCCCCCCCCCCCCCCOC(=O)C1CCC[N+]1(C)C. The fourth-order valence-electron chi connectivity index (χ4n) is 4.17. The van der Waals surface area contributed by atoms with Gasteiger partial charge in [0.1, 0.15) is 0 Å². The second-order valence-electron chi connectivity index (χ2n) is 8.92. The maximum Gasteiger partial charge on any atom is 0.364 e. The zero-order chi connectivity index (χ0) is 19.1. The van der Waals surface area contributed by atoms with Gasteiger partial charge in [0, 0.05) is 12.8 Å². The van der Waals surface area contributed by atoms with E-state index in [2.05, 4.69) is 21.0 Å². The lowest BCUT2D eigenvalue weighted by molar-refractivity contribution is -0.893. The van der Waals surface area contributed by atoms with Crippen LogP contribution in [0.1, 0.15) is 110 Å². The van der Waals surface area contributed by atoms with Gasteiger partial charge in [-0.2, -0.15) is 0 Å². The predicted octanol–water partition coefficient (Wildman–Crippen LogP) is 6.25. The van der Waals surface area contributed by atoms with E-state index in [4.69, 9.17) is 4.74 Å². The van der Waals surface area contributed by atoms with Crippen molar-refractivity contribution < 1.29 is 14.0 Å². The number of likely N-dealkylation sites (tertiary alicyclic amines) is 1. The smallest absolute Gasteiger partial charge is 0.364 e. The Morgan fingerprint density at radius 2 is 1.27 bits per heavy atom. The highest BCUT2D eigenvalue weighted by atomic mass is 16.5. The summed E-state index contributed by atoms with van der Waals surface area (Å²) in [5.41, 5.74) is 0. The van der Waals surface area contributed by atoms with Gasteiger partial charge in [-0.1, -0.05) is 90.4 Å². The van der Waals surface area contributed by atoms with Gasteiger partial charge >= 0.3 is 5.97 Å². The van der Waals surface area contributed by atoms with Gasteiger partial charge in [-0.25, -0.2) is 4.79 Å². The van der Waals surface area contributed by atoms with Crippen LogP contribution in [0.25, 0.3) is 0 Å². The van der Waals surface area contributed by atoms with Crippen LogP contribution in [0.2, 0.25) is 0 Å². The van der Waals surface area contributed by atoms with E-state index in [0.717, 1.165) is 30.3 Å². The summed E-state index contributed by atoms with van der Waals surface area (Å²) in [7, 11) is 4.29. The Bertz CT molecular complexity index is 354. The Kier molecular flexibility index (Phi) is 13.1. The molecule has 26 heavy (non-hydrogen) atoms. The molecule has 0 saturated carbocycles. The molecule has 154 valence electrons. The molecule has 0 amide bonds. The van der Waals surface area contributed by atoms with Crippen LogP contribution in [0.5, 0.6) is 0 Å². The normalized spacial score (nSPS) is 19.0. The summed E-state index contributed by atoms with van der Waals surface area (Å²) >= 11 is 0. The molecule has 1 unspecified atom stereocenters. The van der Waals surface area contributed by atoms with E-state index in [0.29, 0.717) is 6.61 Å². The fraction of sp³-hybridized carbons (Fsp3) is 0.957. The van der Waals surface area contributed by atoms with Gasteiger partial charge in [-0.15, -0.1) is 0 Å². The van der Waals surface area contributed by atoms with Crippen molar-refractivity contribution in [1.29, 1.82) is 0 Å². The van der Waals surface area contributed by atoms with Gasteiger partial charge < -0.3 is 9.22 Å². The van der Waals surface area contributed by atoms with Crippen molar-refractivity contribution in [1.82, 2.24) is 0 Å². The third-order valence-corrected chi connectivity index (χ3v) is 6.07. The van der Waals surface area contributed by atoms with Gasteiger partial charge in [0.15, 0.2) is 6.04 Å². The van der Waals surface area contributed by atoms with Crippen LogP contribution >= 0.6 is 0 Å². The van der Waals surface area contributed by atoms with Crippen LogP contribution in [-0.4, -0.2) is 43.7 Å². The highest BCUT2D eigenvalue weighted by Gasteiger charge is 2.40. The molecule has 0 N–H and O–H groups in total. The first-order chi connectivity index (χ1) is 12.6. The van der Waals surface area contributed by atoms with Crippen LogP contribution in [0.3, 0.4) is 0 Å². The van der Waals surface area contributed by atoms with Gasteiger partial charge in [0.05, 0.1) is 27.2 Å². The van der Waals surface area contributed by atoms with Crippen LogP contribution in [0, 0.1) is 0 Å². The number of esters is 1. The monoisotopic (exact) mass is 368 g/mol. The Labute approximate surface area is 163 Å². The molecule has 1 heterocycles. The van der Waals surface area contributed by atoms with E-state index in [1.54, 1.807) is 0 Å². The largest absolute Gasteiger partial charge is 0.461 e. The summed E-state index contributed by atoms with van der Waals surface area (Å²) in [6, 6.07) is 0.0710. The summed E-state index contributed by atoms with van der Waals surface area (Å²) in [6.07, 6.45) is 21.1. The third-order valence-electron chi connectivity index (χ3n) is 6.07. The number of carbonyl (C=O) groups excluding carboxylic acids is 1. The molecule has 1 aliphatic rings. The quantitative estimate of drug-likeness (QED) is 0.183. The Hall–Kier alpha value is -0.570. The minimum Gasteiger partial charge on any atom is -0.461 e. The lowest BCUT2D eigenvalue weighted by Gasteiger charge is -2.29. The van der Waals surface area contributed by atoms with Crippen LogP contribution in [-0.2, 0) is 9.53 Å². The first-order valence-corrected chi connectivity index (χ1v) is 11.6. The lowest BCUT2D eigenvalue weighted by atomic mass is 10.0. The number of carbonyl (C=O) groups is 1. The van der Waals surface area contributed by atoms with Crippen LogP contribution in [0.4, 0.5) is 0 Å². The number of unbranched alkanes of at least 4 members (excludes halogenated alkanes) is 13. The third kappa shape index (κ3) is 10.5. The van der Waals surface area contributed by atoms with E-state index < -0.39 is 0 Å². The molecule has 3 nitrogen and oxygen atoms in total. The van der Waals surface area contributed by atoms with E-state index in [1.165, 1.54) is 83.5 Å². The van der Waals surface area contributed by atoms with Crippen molar-refractivity contribution in [2.75, 3.05) is 27.2 Å². The molecule has 0 aromatic carbocycles. The molecule has 1 atom stereocenters. The van der Waals surface area contributed by atoms with Crippen molar-refractivity contribution >= 4 is 5.97 Å².